The molecule has 138 valence electrons. The number of ether oxygens (including phenoxy) is 2. The number of Topliss-reactive ketones (excluding diaryl/α,β-unsaturated/α-hetero) is 1. The average Bonchev–Trinajstić information content (AvgIpc) is 2.61. The van der Waals surface area contributed by atoms with Crippen molar-refractivity contribution in [3.05, 3.63) is 53.1 Å². The van der Waals surface area contributed by atoms with Crippen molar-refractivity contribution in [3.63, 3.8) is 0 Å². The number of carbonyl (C=O) groups is 2. The van der Waals surface area contributed by atoms with Crippen molar-refractivity contribution < 1.29 is 19.1 Å². The number of halogens is 1. The van der Waals surface area contributed by atoms with E-state index in [1.807, 2.05) is 13.8 Å². The molecular weight excluding hydrogens is 354 g/mol. The molecule has 0 aromatic heterocycles. The normalized spacial score (nSPS) is 10.5. The molecular formula is C20H22ClNO4. The summed E-state index contributed by atoms with van der Waals surface area (Å²) in [5.74, 6) is 0.749. The van der Waals surface area contributed by atoms with E-state index in [1.54, 1.807) is 42.5 Å². The Morgan fingerprint density at radius 3 is 2.38 bits per heavy atom. The lowest BCUT2D eigenvalue weighted by molar-refractivity contribution is -0.116. The first-order chi connectivity index (χ1) is 12.4. The van der Waals surface area contributed by atoms with E-state index in [0.29, 0.717) is 22.0 Å². The van der Waals surface area contributed by atoms with Crippen LogP contribution in [-0.4, -0.2) is 24.9 Å². The Morgan fingerprint density at radius 1 is 1.08 bits per heavy atom. The molecule has 26 heavy (non-hydrogen) atoms. The summed E-state index contributed by atoms with van der Waals surface area (Å²) < 4.78 is 10.7. The van der Waals surface area contributed by atoms with E-state index in [0.717, 1.165) is 5.75 Å². The third kappa shape index (κ3) is 5.77. The average molecular weight is 376 g/mol. The summed E-state index contributed by atoms with van der Waals surface area (Å²) in [7, 11) is 1.49. The maximum absolute atomic E-state index is 12.3. The number of nitrogens with one attached hydrogen (secondary N) is 1. The second-order valence-electron chi connectivity index (χ2n) is 6.01. The van der Waals surface area contributed by atoms with E-state index >= 15 is 0 Å². The summed E-state index contributed by atoms with van der Waals surface area (Å²) in [6, 6.07) is 11.9. The van der Waals surface area contributed by atoms with Gasteiger partial charge in [0.1, 0.15) is 11.5 Å². The zero-order valence-corrected chi connectivity index (χ0v) is 15.8. The summed E-state index contributed by atoms with van der Waals surface area (Å²) in [6.07, 6.45) is 0.223. The Morgan fingerprint density at radius 2 is 1.77 bits per heavy atom. The van der Waals surface area contributed by atoms with Gasteiger partial charge in [0, 0.05) is 23.6 Å². The van der Waals surface area contributed by atoms with Crippen molar-refractivity contribution in [2.45, 2.75) is 32.8 Å². The van der Waals surface area contributed by atoms with Gasteiger partial charge in [-0.15, -0.1) is 0 Å². The van der Waals surface area contributed by atoms with Crippen molar-refractivity contribution in [1.82, 2.24) is 0 Å². The molecule has 1 N–H and O–H groups in total. The van der Waals surface area contributed by atoms with Gasteiger partial charge in [-0.05, 0) is 56.3 Å². The molecule has 0 radical (unpaired) electrons. The van der Waals surface area contributed by atoms with Crippen LogP contribution in [0, 0.1) is 0 Å². The predicted octanol–water partition coefficient (Wildman–Crippen LogP) is 4.74. The number of anilines is 1. The minimum atomic E-state index is -0.239. The second kappa shape index (κ2) is 9.25. The third-order valence-corrected chi connectivity index (χ3v) is 3.79. The maximum Gasteiger partial charge on any atom is 0.224 e. The molecule has 0 unspecified atom stereocenters. The third-order valence-electron chi connectivity index (χ3n) is 3.55. The predicted molar refractivity (Wildman–Crippen MR) is 102 cm³/mol. The van der Waals surface area contributed by atoms with Crippen LogP contribution >= 0.6 is 11.6 Å². The van der Waals surface area contributed by atoms with E-state index in [2.05, 4.69) is 5.32 Å². The van der Waals surface area contributed by atoms with Crippen LogP contribution in [0.2, 0.25) is 5.02 Å². The van der Waals surface area contributed by atoms with Crippen LogP contribution in [0.3, 0.4) is 0 Å². The van der Waals surface area contributed by atoms with Crippen molar-refractivity contribution >= 4 is 29.0 Å². The van der Waals surface area contributed by atoms with Gasteiger partial charge in [0.15, 0.2) is 5.78 Å². The van der Waals surface area contributed by atoms with E-state index in [1.165, 1.54) is 7.11 Å². The van der Waals surface area contributed by atoms with Crippen LogP contribution in [0.4, 0.5) is 5.69 Å². The Kier molecular flexibility index (Phi) is 7.04. The fourth-order valence-electron chi connectivity index (χ4n) is 2.37. The Hall–Kier alpha value is -2.53. The first-order valence-corrected chi connectivity index (χ1v) is 8.70. The van der Waals surface area contributed by atoms with Gasteiger partial charge < -0.3 is 14.8 Å². The monoisotopic (exact) mass is 375 g/mol. The topological polar surface area (TPSA) is 64.6 Å². The van der Waals surface area contributed by atoms with Gasteiger partial charge in [0.05, 0.1) is 18.8 Å². The molecule has 0 saturated carbocycles. The number of hydrogen-bond acceptors (Lipinski definition) is 4. The van der Waals surface area contributed by atoms with Crippen LogP contribution in [0.25, 0.3) is 0 Å². The van der Waals surface area contributed by atoms with Crippen LogP contribution in [0.5, 0.6) is 11.5 Å². The van der Waals surface area contributed by atoms with Gasteiger partial charge in [0.2, 0.25) is 5.91 Å². The highest BCUT2D eigenvalue weighted by molar-refractivity contribution is 6.31. The minimum Gasteiger partial charge on any atom is -0.496 e. The van der Waals surface area contributed by atoms with E-state index in [-0.39, 0.29) is 30.6 Å². The molecule has 0 fully saturated rings. The van der Waals surface area contributed by atoms with E-state index < -0.39 is 0 Å². The van der Waals surface area contributed by atoms with Crippen LogP contribution < -0.4 is 14.8 Å². The lowest BCUT2D eigenvalue weighted by Crippen LogP contribution is -2.14. The molecule has 1 amide bonds. The van der Waals surface area contributed by atoms with Gasteiger partial charge in [0.25, 0.3) is 0 Å². The Bertz CT molecular complexity index is 772. The minimum absolute atomic E-state index is 0.0665. The molecule has 2 rings (SSSR count). The Labute approximate surface area is 158 Å². The van der Waals surface area contributed by atoms with Crippen molar-refractivity contribution in [3.8, 4) is 11.5 Å². The van der Waals surface area contributed by atoms with Crippen LogP contribution in [0.15, 0.2) is 42.5 Å². The first-order valence-electron chi connectivity index (χ1n) is 8.32. The maximum atomic E-state index is 12.3. The lowest BCUT2D eigenvalue weighted by atomic mass is 10.1. The lowest BCUT2D eigenvalue weighted by Gasteiger charge is -2.11. The molecule has 2 aromatic rings. The summed E-state index contributed by atoms with van der Waals surface area (Å²) in [5.41, 5.74) is 1.03. The number of methoxy groups -OCH3 is 1. The molecule has 0 heterocycles. The molecule has 6 heteroatoms. The number of rotatable bonds is 8. The molecule has 0 aliphatic carbocycles. The smallest absolute Gasteiger partial charge is 0.224 e. The number of amides is 1. The molecule has 5 nitrogen and oxygen atoms in total. The number of carbonyl (C=O) groups excluding carboxylic acids is 2. The molecule has 0 aliphatic rings. The second-order valence-corrected chi connectivity index (χ2v) is 6.44. The van der Waals surface area contributed by atoms with Crippen LogP contribution in [0.1, 0.15) is 37.0 Å². The van der Waals surface area contributed by atoms with E-state index in [4.69, 9.17) is 21.1 Å². The van der Waals surface area contributed by atoms with Gasteiger partial charge >= 0.3 is 0 Å². The molecule has 0 aliphatic heterocycles. The largest absolute Gasteiger partial charge is 0.496 e. The van der Waals surface area contributed by atoms with E-state index in [9.17, 15) is 9.59 Å². The summed E-state index contributed by atoms with van der Waals surface area (Å²) in [4.78, 5) is 24.4. The van der Waals surface area contributed by atoms with Crippen LogP contribution in [-0.2, 0) is 4.79 Å². The van der Waals surface area contributed by atoms with Crippen molar-refractivity contribution in [2.24, 2.45) is 0 Å². The first kappa shape index (κ1) is 19.8. The van der Waals surface area contributed by atoms with Gasteiger partial charge in [-0.2, -0.15) is 0 Å². The molecule has 0 saturated heterocycles. The molecule has 0 atom stereocenters. The molecule has 2 aromatic carbocycles. The summed E-state index contributed by atoms with van der Waals surface area (Å²) in [6.45, 7) is 3.89. The number of hydrogen-bond donors (Lipinski definition) is 1. The SMILES string of the molecule is COc1ccc(Cl)cc1C(=O)CCC(=O)Nc1ccc(OC(C)C)cc1. The number of ketones is 1. The van der Waals surface area contributed by atoms with Gasteiger partial charge in [-0.3, -0.25) is 9.59 Å². The van der Waals surface area contributed by atoms with Crippen molar-refractivity contribution in [1.29, 1.82) is 0 Å². The highest BCUT2D eigenvalue weighted by atomic mass is 35.5. The zero-order valence-electron chi connectivity index (χ0n) is 15.0. The fraction of sp³-hybridized carbons (Fsp3) is 0.300. The highest BCUT2D eigenvalue weighted by Gasteiger charge is 2.15. The van der Waals surface area contributed by atoms with Crippen molar-refractivity contribution in [2.75, 3.05) is 12.4 Å². The summed E-state index contributed by atoms with van der Waals surface area (Å²) >= 11 is 5.93. The summed E-state index contributed by atoms with van der Waals surface area (Å²) in [5, 5.41) is 3.21. The fourth-order valence-corrected chi connectivity index (χ4v) is 2.54. The van der Waals surface area contributed by atoms with Gasteiger partial charge in [-0.25, -0.2) is 0 Å². The van der Waals surface area contributed by atoms with Gasteiger partial charge in [-0.1, -0.05) is 11.6 Å². The Balaban J connectivity index is 1.90. The highest BCUT2D eigenvalue weighted by Crippen LogP contribution is 2.24. The zero-order chi connectivity index (χ0) is 19.1. The molecule has 0 spiro atoms. The number of benzene rings is 2. The quantitative estimate of drug-likeness (QED) is 0.677. The molecule has 0 bridgehead atoms. The standard InChI is InChI=1S/C20H22ClNO4/c1-13(2)26-16-7-5-15(6-8-16)22-20(24)11-9-18(23)17-12-14(21)4-10-19(17)25-3/h4-8,10,12-13H,9,11H2,1-3H3,(H,22,24).